The van der Waals surface area contributed by atoms with Crippen LogP contribution in [0.4, 0.5) is 5.88 Å². The average molecular weight is 446 g/mol. The van der Waals surface area contributed by atoms with E-state index in [1.54, 1.807) is 18.4 Å². The number of hydrogen-bond acceptors (Lipinski definition) is 7. The summed E-state index contributed by atoms with van der Waals surface area (Å²) in [5, 5.41) is 9.49. The molecule has 0 aliphatic carbocycles. The molecule has 0 unspecified atom stereocenters. The van der Waals surface area contributed by atoms with Gasteiger partial charge in [-0.25, -0.2) is 0 Å². The molecule has 3 aromatic rings. The maximum absolute atomic E-state index is 13.1. The highest BCUT2D eigenvalue weighted by atomic mass is 16.4. The van der Waals surface area contributed by atoms with Gasteiger partial charge in [0.15, 0.2) is 5.76 Å². The molecule has 2 aliphatic heterocycles. The minimum atomic E-state index is 0.0138. The van der Waals surface area contributed by atoms with E-state index in [4.69, 9.17) is 8.83 Å². The summed E-state index contributed by atoms with van der Waals surface area (Å²) in [6.45, 7) is 5.60. The third-order valence-corrected chi connectivity index (χ3v) is 6.51. The molecule has 170 valence electrons. The smallest absolute Gasteiger partial charge is 0.266 e. The molecule has 1 amide bonds. The Hall–Kier alpha value is -3.57. The van der Waals surface area contributed by atoms with Crippen molar-refractivity contribution in [2.45, 2.75) is 19.4 Å². The second kappa shape index (κ2) is 9.51. The zero-order valence-corrected chi connectivity index (χ0v) is 18.5. The first-order valence-electron chi connectivity index (χ1n) is 11.5. The lowest BCUT2D eigenvalue weighted by Crippen LogP contribution is -2.51. The van der Waals surface area contributed by atoms with Crippen molar-refractivity contribution in [1.29, 1.82) is 5.26 Å². The summed E-state index contributed by atoms with van der Waals surface area (Å²) < 4.78 is 11.2. The first-order chi connectivity index (χ1) is 16.2. The largest absolute Gasteiger partial charge is 0.459 e. The molecule has 8 nitrogen and oxygen atoms in total. The number of benzene rings is 1. The van der Waals surface area contributed by atoms with Crippen molar-refractivity contribution in [1.82, 2.24) is 14.8 Å². The van der Waals surface area contributed by atoms with Crippen LogP contribution < -0.4 is 4.90 Å². The number of hydrogen-bond donors (Lipinski definition) is 0. The number of oxazole rings is 1. The van der Waals surface area contributed by atoms with Gasteiger partial charge in [-0.15, -0.1) is 0 Å². The van der Waals surface area contributed by atoms with Crippen molar-refractivity contribution in [2.24, 2.45) is 5.92 Å². The summed E-state index contributed by atoms with van der Waals surface area (Å²) in [6.07, 6.45) is 3.03. The van der Waals surface area contributed by atoms with Gasteiger partial charge < -0.3 is 18.6 Å². The van der Waals surface area contributed by atoms with E-state index in [0.717, 1.165) is 45.6 Å². The number of nitrogens with zero attached hydrogens (tertiary/aromatic N) is 5. The topological polar surface area (TPSA) is 89.8 Å². The number of carbonyl (C=O) groups excluding carboxylic acids is 1. The molecule has 1 aromatic carbocycles. The summed E-state index contributed by atoms with van der Waals surface area (Å²) in [7, 11) is 0. The van der Waals surface area contributed by atoms with Gasteiger partial charge in [-0.3, -0.25) is 9.69 Å². The third-order valence-electron chi connectivity index (χ3n) is 6.51. The molecule has 33 heavy (non-hydrogen) atoms. The van der Waals surface area contributed by atoms with E-state index in [1.807, 2.05) is 15.9 Å². The SMILES string of the molecule is N#Cc1nc(-c2ccco2)oc1N1CCC(C(=O)N2CCN(Cc3ccccc3)CC2)CC1. The van der Waals surface area contributed by atoms with Crippen LogP contribution in [0.15, 0.2) is 57.6 Å². The molecular weight excluding hydrogens is 418 g/mol. The van der Waals surface area contributed by atoms with Crippen LogP contribution in [0.3, 0.4) is 0 Å². The van der Waals surface area contributed by atoms with Gasteiger partial charge in [0.25, 0.3) is 5.89 Å². The Morgan fingerprint density at radius 2 is 1.79 bits per heavy atom. The molecule has 8 heteroatoms. The molecule has 5 rings (SSSR count). The molecule has 2 aromatic heterocycles. The number of aromatic nitrogens is 1. The molecule has 2 fully saturated rings. The Morgan fingerprint density at radius 3 is 2.45 bits per heavy atom. The first kappa shape index (κ1) is 21.3. The van der Waals surface area contributed by atoms with Crippen molar-refractivity contribution in [2.75, 3.05) is 44.2 Å². The van der Waals surface area contributed by atoms with E-state index in [1.165, 1.54) is 5.56 Å². The molecule has 2 aliphatic rings. The quantitative estimate of drug-likeness (QED) is 0.595. The van der Waals surface area contributed by atoms with Gasteiger partial charge in [-0.2, -0.15) is 10.2 Å². The molecule has 0 saturated carbocycles. The number of carbonyl (C=O) groups is 1. The van der Waals surface area contributed by atoms with Crippen molar-refractivity contribution in [3.05, 3.63) is 60.0 Å². The van der Waals surface area contributed by atoms with Crippen LogP contribution in [0.1, 0.15) is 24.1 Å². The molecular formula is C25H27N5O3. The number of rotatable bonds is 5. The Labute approximate surface area is 193 Å². The third kappa shape index (κ3) is 4.64. The average Bonchev–Trinajstić information content (AvgIpc) is 3.55. The normalized spacial score (nSPS) is 17.8. The fourth-order valence-electron chi connectivity index (χ4n) is 4.66. The summed E-state index contributed by atoms with van der Waals surface area (Å²) in [6, 6.07) is 16.1. The maximum atomic E-state index is 13.1. The predicted molar refractivity (Wildman–Crippen MR) is 122 cm³/mol. The number of piperazine rings is 1. The molecule has 0 bridgehead atoms. The Balaban J connectivity index is 1.14. The molecule has 4 heterocycles. The number of furan rings is 1. The number of piperidine rings is 1. The number of amides is 1. The van der Waals surface area contributed by atoms with Crippen LogP contribution in [0.25, 0.3) is 11.7 Å². The van der Waals surface area contributed by atoms with Crippen molar-refractivity contribution in [3.8, 4) is 17.7 Å². The zero-order chi connectivity index (χ0) is 22.6. The van der Waals surface area contributed by atoms with Crippen LogP contribution >= 0.6 is 0 Å². The van der Waals surface area contributed by atoms with E-state index < -0.39 is 0 Å². The molecule has 0 radical (unpaired) electrons. The summed E-state index contributed by atoms with van der Waals surface area (Å²) in [4.78, 5) is 23.8. The van der Waals surface area contributed by atoms with Crippen molar-refractivity contribution < 1.29 is 13.6 Å². The first-order valence-corrected chi connectivity index (χ1v) is 11.5. The zero-order valence-electron chi connectivity index (χ0n) is 18.5. The highest BCUT2D eigenvalue weighted by Gasteiger charge is 2.32. The van der Waals surface area contributed by atoms with Gasteiger partial charge in [-0.05, 0) is 30.5 Å². The van der Waals surface area contributed by atoms with Crippen LogP contribution in [-0.4, -0.2) is 60.0 Å². The highest BCUT2D eigenvalue weighted by Crippen LogP contribution is 2.31. The van der Waals surface area contributed by atoms with Gasteiger partial charge in [-0.1, -0.05) is 30.3 Å². The number of anilines is 1. The van der Waals surface area contributed by atoms with Gasteiger partial charge in [0.1, 0.15) is 6.07 Å². The Bertz CT molecular complexity index is 1100. The highest BCUT2D eigenvalue weighted by molar-refractivity contribution is 5.79. The molecule has 0 spiro atoms. The Kier molecular flexibility index (Phi) is 6.13. The van der Waals surface area contributed by atoms with Gasteiger partial charge in [0.2, 0.25) is 17.5 Å². The van der Waals surface area contributed by atoms with Crippen LogP contribution in [0.5, 0.6) is 0 Å². The second-order valence-electron chi connectivity index (χ2n) is 8.61. The lowest BCUT2D eigenvalue weighted by atomic mass is 9.95. The fraction of sp³-hybridized carbons (Fsp3) is 0.400. The van der Waals surface area contributed by atoms with E-state index in [0.29, 0.717) is 30.6 Å². The van der Waals surface area contributed by atoms with Crippen molar-refractivity contribution >= 4 is 11.8 Å². The van der Waals surface area contributed by atoms with Gasteiger partial charge in [0.05, 0.1) is 6.26 Å². The van der Waals surface area contributed by atoms with Crippen molar-refractivity contribution in [3.63, 3.8) is 0 Å². The lowest BCUT2D eigenvalue weighted by molar-refractivity contribution is -0.138. The fourth-order valence-corrected chi connectivity index (χ4v) is 4.66. The van der Waals surface area contributed by atoms with E-state index in [9.17, 15) is 10.1 Å². The molecule has 0 N–H and O–H groups in total. The summed E-state index contributed by atoms with van der Waals surface area (Å²) in [5.74, 6) is 1.53. The molecule has 2 saturated heterocycles. The summed E-state index contributed by atoms with van der Waals surface area (Å²) >= 11 is 0. The Morgan fingerprint density at radius 1 is 1.03 bits per heavy atom. The standard InChI is InChI=1S/C25H27N5O3/c26-17-21-25(33-23(27-21)22-7-4-16-32-22)30-10-8-20(9-11-30)24(31)29-14-12-28(13-15-29)18-19-5-2-1-3-6-19/h1-7,16,20H,8-15,18H2. The minimum Gasteiger partial charge on any atom is -0.459 e. The van der Waals surface area contributed by atoms with Gasteiger partial charge >= 0.3 is 0 Å². The summed E-state index contributed by atoms with van der Waals surface area (Å²) in [5.41, 5.74) is 1.56. The molecule has 0 atom stereocenters. The van der Waals surface area contributed by atoms with Crippen LogP contribution in [0, 0.1) is 17.2 Å². The second-order valence-corrected chi connectivity index (χ2v) is 8.61. The predicted octanol–water partition coefficient (Wildman–Crippen LogP) is 3.37. The van der Waals surface area contributed by atoms with E-state index >= 15 is 0 Å². The van der Waals surface area contributed by atoms with E-state index in [-0.39, 0.29) is 17.5 Å². The lowest BCUT2D eigenvalue weighted by Gasteiger charge is -2.38. The van der Waals surface area contributed by atoms with E-state index in [2.05, 4.69) is 40.2 Å². The monoisotopic (exact) mass is 445 g/mol. The minimum absolute atomic E-state index is 0.0138. The van der Waals surface area contributed by atoms with Gasteiger partial charge in [0, 0.05) is 51.7 Å². The number of nitriles is 1. The maximum Gasteiger partial charge on any atom is 0.266 e. The van der Waals surface area contributed by atoms with Crippen LogP contribution in [-0.2, 0) is 11.3 Å². The van der Waals surface area contributed by atoms with Crippen LogP contribution in [0.2, 0.25) is 0 Å².